The van der Waals surface area contributed by atoms with Gasteiger partial charge in [-0.3, -0.25) is 9.80 Å². The lowest BCUT2D eigenvalue weighted by Gasteiger charge is -2.19. The summed E-state index contributed by atoms with van der Waals surface area (Å²) in [5.41, 5.74) is 1.45. The van der Waals surface area contributed by atoms with E-state index in [1.807, 2.05) is 6.07 Å². The fraction of sp³-hybridized carbons (Fsp3) is 0.176. The van der Waals surface area contributed by atoms with E-state index in [4.69, 9.17) is 14.6 Å². The lowest BCUT2D eigenvalue weighted by atomic mass is 10.2. The van der Waals surface area contributed by atoms with Gasteiger partial charge in [0, 0.05) is 30.5 Å². The highest BCUT2D eigenvalue weighted by molar-refractivity contribution is 6.06. The van der Waals surface area contributed by atoms with Crippen molar-refractivity contribution < 1.29 is 24.2 Å². The predicted molar refractivity (Wildman–Crippen MR) is 86.1 cm³/mol. The standard InChI is InChI=1S/C17H14N2O5/c20-16(21)11-2-1-3-12(8-11)18-6-7-19(17(18)22)13-4-5-14-15(9-13)24-10-23-14/h1-5,8-9H,6-7,10H2,(H,20,21). The van der Waals surface area contributed by atoms with Gasteiger partial charge in [-0.2, -0.15) is 0 Å². The Morgan fingerprint density at radius 1 is 0.958 bits per heavy atom. The van der Waals surface area contributed by atoms with Gasteiger partial charge < -0.3 is 14.6 Å². The SMILES string of the molecule is O=C(O)c1cccc(N2CCN(c3ccc4c(c3)OCO4)C2=O)c1. The molecule has 0 radical (unpaired) electrons. The van der Waals surface area contributed by atoms with Gasteiger partial charge in [-0.25, -0.2) is 9.59 Å². The number of fused-ring (bicyclic) bond motifs is 1. The number of aromatic carboxylic acids is 1. The lowest BCUT2D eigenvalue weighted by Crippen LogP contribution is -2.31. The summed E-state index contributed by atoms with van der Waals surface area (Å²) in [6.45, 7) is 1.17. The van der Waals surface area contributed by atoms with E-state index < -0.39 is 5.97 Å². The van der Waals surface area contributed by atoms with Crippen molar-refractivity contribution in [1.82, 2.24) is 0 Å². The monoisotopic (exact) mass is 326 g/mol. The average molecular weight is 326 g/mol. The van der Waals surface area contributed by atoms with E-state index in [1.54, 1.807) is 34.1 Å². The molecule has 2 aliphatic rings. The second-order valence-electron chi connectivity index (χ2n) is 5.48. The minimum atomic E-state index is -1.02. The fourth-order valence-electron chi connectivity index (χ4n) is 2.88. The van der Waals surface area contributed by atoms with Crippen molar-refractivity contribution in [3.63, 3.8) is 0 Å². The first-order chi connectivity index (χ1) is 11.6. The topological polar surface area (TPSA) is 79.3 Å². The summed E-state index contributed by atoms with van der Waals surface area (Å²) in [5, 5.41) is 9.10. The molecule has 7 nitrogen and oxygen atoms in total. The molecule has 7 heteroatoms. The molecule has 4 rings (SSSR count). The number of amides is 2. The molecule has 0 saturated carbocycles. The van der Waals surface area contributed by atoms with Crippen LogP contribution in [0.3, 0.4) is 0 Å². The second-order valence-corrected chi connectivity index (χ2v) is 5.48. The van der Waals surface area contributed by atoms with Crippen molar-refractivity contribution in [1.29, 1.82) is 0 Å². The van der Waals surface area contributed by atoms with Gasteiger partial charge in [-0.1, -0.05) is 6.07 Å². The van der Waals surface area contributed by atoms with E-state index >= 15 is 0 Å². The number of benzene rings is 2. The smallest absolute Gasteiger partial charge is 0.335 e. The Kier molecular flexibility index (Phi) is 3.26. The highest BCUT2D eigenvalue weighted by atomic mass is 16.7. The van der Waals surface area contributed by atoms with Gasteiger partial charge in [0.25, 0.3) is 0 Å². The number of carboxylic acids is 1. The molecule has 2 heterocycles. The van der Waals surface area contributed by atoms with Crippen LogP contribution in [0.25, 0.3) is 0 Å². The first kappa shape index (κ1) is 14.4. The predicted octanol–water partition coefficient (Wildman–Crippen LogP) is 2.56. The van der Waals surface area contributed by atoms with Crippen LogP contribution in [0.4, 0.5) is 16.2 Å². The van der Waals surface area contributed by atoms with Crippen molar-refractivity contribution in [3.05, 3.63) is 48.0 Å². The second kappa shape index (κ2) is 5.45. The number of carbonyl (C=O) groups excluding carboxylic acids is 1. The highest BCUT2D eigenvalue weighted by Crippen LogP contribution is 2.36. The largest absolute Gasteiger partial charge is 0.478 e. The maximum Gasteiger partial charge on any atom is 0.335 e. The molecule has 0 unspecified atom stereocenters. The minimum absolute atomic E-state index is 0.154. The number of carboxylic acid groups (broad SMARTS) is 1. The quantitative estimate of drug-likeness (QED) is 0.938. The van der Waals surface area contributed by atoms with E-state index in [0.29, 0.717) is 30.3 Å². The van der Waals surface area contributed by atoms with Gasteiger partial charge in [-0.05, 0) is 30.3 Å². The Morgan fingerprint density at radius 2 is 1.67 bits per heavy atom. The van der Waals surface area contributed by atoms with E-state index in [9.17, 15) is 9.59 Å². The van der Waals surface area contributed by atoms with Gasteiger partial charge in [0.05, 0.1) is 5.56 Å². The third-order valence-electron chi connectivity index (χ3n) is 4.08. The molecule has 2 aliphatic heterocycles. The van der Waals surface area contributed by atoms with E-state index in [-0.39, 0.29) is 18.4 Å². The maximum atomic E-state index is 12.7. The zero-order valence-electron chi connectivity index (χ0n) is 12.6. The zero-order chi connectivity index (χ0) is 16.7. The number of hydrogen-bond donors (Lipinski definition) is 1. The maximum absolute atomic E-state index is 12.7. The van der Waals surface area contributed by atoms with Crippen LogP contribution < -0.4 is 19.3 Å². The Bertz CT molecular complexity index is 835. The Hall–Kier alpha value is -3.22. The van der Waals surface area contributed by atoms with Gasteiger partial charge in [0.15, 0.2) is 11.5 Å². The average Bonchev–Trinajstić information content (AvgIpc) is 3.20. The molecule has 2 aromatic carbocycles. The normalized spacial score (nSPS) is 15.9. The Labute approximate surface area is 137 Å². The van der Waals surface area contributed by atoms with Crippen LogP contribution in [0.5, 0.6) is 11.5 Å². The van der Waals surface area contributed by atoms with Crippen LogP contribution in [-0.4, -0.2) is 37.0 Å². The van der Waals surface area contributed by atoms with Crippen molar-refractivity contribution in [3.8, 4) is 11.5 Å². The summed E-state index contributed by atoms with van der Waals surface area (Å²) in [6, 6.07) is 11.5. The molecule has 0 bridgehead atoms. The number of ether oxygens (including phenoxy) is 2. The van der Waals surface area contributed by atoms with E-state index in [1.165, 1.54) is 12.1 Å². The van der Waals surface area contributed by atoms with Crippen LogP contribution in [0.15, 0.2) is 42.5 Å². The molecular weight excluding hydrogens is 312 g/mol. The van der Waals surface area contributed by atoms with Crippen LogP contribution in [-0.2, 0) is 0 Å². The Morgan fingerprint density at radius 3 is 2.42 bits per heavy atom. The summed E-state index contributed by atoms with van der Waals surface area (Å²) in [6.07, 6.45) is 0. The number of nitrogens with zero attached hydrogens (tertiary/aromatic N) is 2. The van der Waals surface area contributed by atoms with Crippen LogP contribution >= 0.6 is 0 Å². The third kappa shape index (κ3) is 2.30. The van der Waals surface area contributed by atoms with Gasteiger partial charge in [0.1, 0.15) is 0 Å². The summed E-state index contributed by atoms with van der Waals surface area (Å²) in [4.78, 5) is 27.0. The molecule has 2 aromatic rings. The third-order valence-corrected chi connectivity index (χ3v) is 4.08. The molecule has 1 fully saturated rings. The van der Waals surface area contributed by atoms with E-state index in [0.717, 1.165) is 5.69 Å². The van der Waals surface area contributed by atoms with Crippen molar-refractivity contribution in [2.45, 2.75) is 0 Å². The summed E-state index contributed by atoms with van der Waals surface area (Å²) >= 11 is 0. The molecule has 1 saturated heterocycles. The first-order valence-electron chi connectivity index (χ1n) is 7.45. The molecule has 2 amide bonds. The summed E-state index contributed by atoms with van der Waals surface area (Å²) in [5.74, 6) is 0.263. The van der Waals surface area contributed by atoms with Gasteiger partial charge >= 0.3 is 12.0 Å². The first-order valence-corrected chi connectivity index (χ1v) is 7.45. The molecule has 24 heavy (non-hydrogen) atoms. The fourth-order valence-corrected chi connectivity index (χ4v) is 2.88. The number of urea groups is 1. The van der Waals surface area contributed by atoms with Crippen molar-refractivity contribution >= 4 is 23.4 Å². The van der Waals surface area contributed by atoms with E-state index in [2.05, 4.69) is 0 Å². The molecule has 122 valence electrons. The summed E-state index contributed by atoms with van der Waals surface area (Å²) in [7, 11) is 0. The van der Waals surface area contributed by atoms with Crippen LogP contribution in [0.2, 0.25) is 0 Å². The molecule has 0 aliphatic carbocycles. The lowest BCUT2D eigenvalue weighted by molar-refractivity contribution is 0.0697. The molecule has 0 atom stereocenters. The minimum Gasteiger partial charge on any atom is -0.478 e. The highest BCUT2D eigenvalue weighted by Gasteiger charge is 2.31. The van der Waals surface area contributed by atoms with Gasteiger partial charge in [-0.15, -0.1) is 0 Å². The van der Waals surface area contributed by atoms with Crippen molar-refractivity contribution in [2.75, 3.05) is 29.7 Å². The summed E-state index contributed by atoms with van der Waals surface area (Å²) < 4.78 is 10.6. The molecule has 0 spiro atoms. The van der Waals surface area contributed by atoms with Gasteiger partial charge in [0.2, 0.25) is 6.79 Å². The number of hydrogen-bond acceptors (Lipinski definition) is 4. The Balaban J connectivity index is 1.60. The number of rotatable bonds is 3. The molecular formula is C17H14N2O5. The molecule has 1 N–H and O–H groups in total. The van der Waals surface area contributed by atoms with Crippen LogP contribution in [0.1, 0.15) is 10.4 Å². The molecule has 0 aromatic heterocycles. The van der Waals surface area contributed by atoms with Crippen molar-refractivity contribution in [2.24, 2.45) is 0 Å². The number of anilines is 2. The number of carbonyl (C=O) groups is 2. The van der Waals surface area contributed by atoms with Crippen LogP contribution in [0, 0.1) is 0 Å². The zero-order valence-corrected chi connectivity index (χ0v) is 12.6.